The number of aliphatic hydroxyl groups is 1. The van der Waals surface area contributed by atoms with Gasteiger partial charge in [0.05, 0.1) is 18.6 Å². The van der Waals surface area contributed by atoms with Crippen LogP contribution in [-0.4, -0.2) is 54.9 Å². The summed E-state index contributed by atoms with van der Waals surface area (Å²) in [6, 6.07) is 0. The van der Waals surface area contributed by atoms with Gasteiger partial charge in [0.2, 0.25) is 0 Å². The van der Waals surface area contributed by atoms with E-state index in [1.54, 1.807) is 20.8 Å². The lowest BCUT2D eigenvalue weighted by Crippen LogP contribution is -2.35. The minimum Gasteiger partial charge on any atom is -0.463 e. The van der Waals surface area contributed by atoms with Gasteiger partial charge in [-0.15, -0.1) is 0 Å². The molecule has 0 radical (unpaired) electrons. The van der Waals surface area contributed by atoms with Gasteiger partial charge in [0.25, 0.3) is 0 Å². The molecule has 0 aromatic rings. The number of hydrogen-bond acceptors (Lipinski definition) is 6. The predicted molar refractivity (Wildman–Crippen MR) is 81.2 cm³/mol. The van der Waals surface area contributed by atoms with Gasteiger partial charge in [-0.1, -0.05) is 15.9 Å². The third-order valence-electron chi connectivity index (χ3n) is 3.04. The van der Waals surface area contributed by atoms with E-state index in [1.165, 1.54) is 7.11 Å². The molecule has 124 valence electrons. The normalized spacial score (nSPS) is 14.4. The second-order valence-corrected chi connectivity index (χ2v) is 7.32. The first-order valence-electron chi connectivity index (χ1n) is 6.80. The number of alkyl halides is 1. The number of carbonyl (C=O) groups is 2. The van der Waals surface area contributed by atoms with Crippen LogP contribution in [0.15, 0.2) is 0 Å². The van der Waals surface area contributed by atoms with Gasteiger partial charge in [0.1, 0.15) is 17.5 Å². The number of halogens is 1. The number of methoxy groups -OCH3 is 1. The summed E-state index contributed by atoms with van der Waals surface area (Å²) in [7, 11) is 1.53. The summed E-state index contributed by atoms with van der Waals surface area (Å²) in [5.41, 5.74) is -0.739. The lowest BCUT2D eigenvalue weighted by Gasteiger charge is -2.27. The van der Waals surface area contributed by atoms with E-state index >= 15 is 0 Å². The van der Waals surface area contributed by atoms with Crippen molar-refractivity contribution >= 4 is 27.9 Å². The molecule has 0 amide bonds. The van der Waals surface area contributed by atoms with Gasteiger partial charge < -0.3 is 19.3 Å². The second kappa shape index (κ2) is 9.38. The maximum absolute atomic E-state index is 11.9. The quantitative estimate of drug-likeness (QED) is 0.358. The highest BCUT2D eigenvalue weighted by Gasteiger charge is 2.37. The molecule has 1 N–H and O–H groups in total. The Morgan fingerprint density at radius 2 is 1.57 bits per heavy atom. The van der Waals surface area contributed by atoms with Crippen LogP contribution in [0.1, 0.15) is 33.6 Å². The van der Waals surface area contributed by atoms with E-state index in [0.717, 1.165) is 0 Å². The number of aliphatic hydroxyl groups excluding tert-OH is 1. The number of esters is 2. The molecule has 0 bridgehead atoms. The van der Waals surface area contributed by atoms with Gasteiger partial charge in [-0.3, -0.25) is 9.59 Å². The summed E-state index contributed by atoms with van der Waals surface area (Å²) in [5.74, 6) is -0.785. The highest BCUT2D eigenvalue weighted by molar-refractivity contribution is 9.10. The van der Waals surface area contributed by atoms with Crippen LogP contribution in [0.25, 0.3) is 0 Å². The van der Waals surface area contributed by atoms with Crippen LogP contribution in [-0.2, 0) is 23.8 Å². The zero-order valence-electron chi connectivity index (χ0n) is 13.1. The fourth-order valence-corrected chi connectivity index (χ4v) is 1.77. The van der Waals surface area contributed by atoms with Crippen molar-refractivity contribution in [2.45, 2.75) is 37.9 Å². The molecule has 0 spiro atoms. The van der Waals surface area contributed by atoms with Crippen LogP contribution >= 0.6 is 15.9 Å². The van der Waals surface area contributed by atoms with Gasteiger partial charge in [-0.2, -0.15) is 0 Å². The third-order valence-corrected chi connectivity index (χ3v) is 3.76. The minimum atomic E-state index is -0.866. The molecule has 1 unspecified atom stereocenters. The van der Waals surface area contributed by atoms with E-state index in [4.69, 9.17) is 19.3 Å². The molecule has 0 heterocycles. The number of rotatable bonds is 10. The third kappa shape index (κ3) is 7.78. The van der Waals surface area contributed by atoms with Gasteiger partial charge in [-0.25, -0.2) is 0 Å². The Bertz CT molecular complexity index is 340. The van der Waals surface area contributed by atoms with Crippen LogP contribution < -0.4 is 0 Å². The van der Waals surface area contributed by atoms with E-state index in [9.17, 15) is 9.59 Å². The molecular weight excluding hydrogens is 344 g/mol. The zero-order valence-corrected chi connectivity index (χ0v) is 14.7. The summed E-state index contributed by atoms with van der Waals surface area (Å²) >= 11 is 3.35. The van der Waals surface area contributed by atoms with Gasteiger partial charge in [0, 0.05) is 7.11 Å². The molecule has 1 atom stereocenters. The van der Waals surface area contributed by atoms with Crippen molar-refractivity contribution in [1.82, 2.24) is 0 Å². The summed E-state index contributed by atoms with van der Waals surface area (Å²) in [6.07, 6.45) is 0.860. The maximum atomic E-state index is 11.9. The second-order valence-electron chi connectivity index (χ2n) is 5.57. The van der Waals surface area contributed by atoms with Crippen molar-refractivity contribution in [3.63, 3.8) is 0 Å². The first-order chi connectivity index (χ1) is 9.67. The molecule has 0 aliphatic heterocycles. The van der Waals surface area contributed by atoms with Crippen molar-refractivity contribution in [3.8, 4) is 0 Å². The van der Waals surface area contributed by atoms with Crippen molar-refractivity contribution < 1.29 is 28.9 Å². The first kappa shape index (κ1) is 20.3. The molecule has 6 nitrogen and oxygen atoms in total. The molecule has 0 saturated carbocycles. The molecule has 0 aromatic heterocycles. The van der Waals surface area contributed by atoms with E-state index in [1.807, 2.05) is 0 Å². The van der Waals surface area contributed by atoms with Crippen molar-refractivity contribution in [2.24, 2.45) is 5.41 Å². The summed E-state index contributed by atoms with van der Waals surface area (Å²) < 4.78 is 14.0. The van der Waals surface area contributed by atoms with E-state index < -0.39 is 15.7 Å². The number of hydrogen-bond donors (Lipinski definition) is 1. The summed E-state index contributed by atoms with van der Waals surface area (Å²) in [4.78, 5) is 23.8. The molecular formula is C14H25BrO6. The lowest BCUT2D eigenvalue weighted by molar-refractivity contribution is -0.156. The van der Waals surface area contributed by atoms with E-state index in [-0.39, 0.29) is 25.8 Å². The molecule has 7 heteroatoms. The van der Waals surface area contributed by atoms with Crippen LogP contribution in [0.5, 0.6) is 0 Å². The standard InChI is InChI=1S/C14H25BrO6/c1-13(2,11(17)20-8-7-16)5-6-14(3,15)12(18)21-10-9-19-4/h16H,5-10H2,1-4H3. The van der Waals surface area contributed by atoms with Crippen molar-refractivity contribution in [3.05, 3.63) is 0 Å². The van der Waals surface area contributed by atoms with E-state index in [2.05, 4.69) is 15.9 Å². The molecule has 0 aliphatic rings. The fourth-order valence-electron chi connectivity index (χ4n) is 1.45. The Balaban J connectivity index is 4.38. The highest BCUT2D eigenvalue weighted by atomic mass is 79.9. The largest absolute Gasteiger partial charge is 0.463 e. The highest BCUT2D eigenvalue weighted by Crippen LogP contribution is 2.33. The van der Waals surface area contributed by atoms with Crippen molar-refractivity contribution in [2.75, 3.05) is 33.5 Å². The van der Waals surface area contributed by atoms with Crippen LogP contribution in [0.2, 0.25) is 0 Å². The SMILES string of the molecule is COCCOC(=O)C(C)(Br)CCC(C)(C)C(=O)OCCO. The van der Waals surface area contributed by atoms with Crippen LogP contribution in [0.4, 0.5) is 0 Å². The Hall–Kier alpha value is -0.660. The zero-order chi connectivity index (χ0) is 16.5. The first-order valence-corrected chi connectivity index (χ1v) is 7.60. The molecule has 0 rings (SSSR count). The molecule has 0 saturated heterocycles. The van der Waals surface area contributed by atoms with E-state index in [0.29, 0.717) is 19.4 Å². The average Bonchev–Trinajstić information content (AvgIpc) is 2.42. The van der Waals surface area contributed by atoms with Gasteiger partial charge in [0.15, 0.2) is 0 Å². The Morgan fingerprint density at radius 1 is 1.00 bits per heavy atom. The molecule has 0 fully saturated rings. The number of ether oxygens (including phenoxy) is 3. The van der Waals surface area contributed by atoms with Gasteiger partial charge in [-0.05, 0) is 33.6 Å². The summed E-state index contributed by atoms with van der Waals surface area (Å²) in [5, 5.41) is 8.66. The number of carbonyl (C=O) groups excluding carboxylic acids is 2. The maximum Gasteiger partial charge on any atom is 0.322 e. The smallest absolute Gasteiger partial charge is 0.322 e. The average molecular weight is 369 g/mol. The Morgan fingerprint density at radius 3 is 2.10 bits per heavy atom. The van der Waals surface area contributed by atoms with Crippen LogP contribution in [0, 0.1) is 5.41 Å². The fraction of sp³-hybridized carbons (Fsp3) is 0.857. The molecule has 0 aliphatic carbocycles. The predicted octanol–water partition coefficient (Wildman–Crippen LogP) is 1.67. The summed E-state index contributed by atoms with van der Waals surface area (Å²) in [6.45, 7) is 5.50. The monoisotopic (exact) mass is 368 g/mol. The Labute approximate surface area is 134 Å². The molecule has 0 aromatic carbocycles. The van der Waals surface area contributed by atoms with Gasteiger partial charge >= 0.3 is 11.9 Å². The topological polar surface area (TPSA) is 82.1 Å². The Kier molecular flexibility index (Phi) is 9.08. The minimum absolute atomic E-state index is 0.0209. The lowest BCUT2D eigenvalue weighted by atomic mass is 9.85. The van der Waals surface area contributed by atoms with Crippen LogP contribution in [0.3, 0.4) is 0 Å². The van der Waals surface area contributed by atoms with Crippen molar-refractivity contribution in [1.29, 1.82) is 0 Å². The molecule has 21 heavy (non-hydrogen) atoms.